The van der Waals surface area contributed by atoms with Crippen LogP contribution in [0, 0.1) is 5.82 Å². The summed E-state index contributed by atoms with van der Waals surface area (Å²) in [7, 11) is 3.23. The van der Waals surface area contributed by atoms with Gasteiger partial charge in [-0.25, -0.2) is 14.2 Å². The smallest absolute Gasteiger partial charge is 0.339 e. The molecule has 31 heavy (non-hydrogen) atoms. The van der Waals surface area contributed by atoms with Gasteiger partial charge in [0.05, 0.1) is 16.8 Å². The highest BCUT2D eigenvalue weighted by molar-refractivity contribution is 6.07. The second-order valence-electron chi connectivity index (χ2n) is 7.77. The highest BCUT2D eigenvalue weighted by Gasteiger charge is 2.26. The number of benzene rings is 2. The molecule has 0 saturated heterocycles. The Kier molecular flexibility index (Phi) is 5.80. The Hall–Kier alpha value is -3.54. The highest BCUT2D eigenvalue weighted by Crippen LogP contribution is 2.36. The van der Waals surface area contributed by atoms with E-state index in [4.69, 9.17) is 9.72 Å². The Balaban J connectivity index is 1.80. The van der Waals surface area contributed by atoms with Gasteiger partial charge in [0.2, 0.25) is 0 Å². The number of likely N-dealkylation sites (N-methyl/N-ethyl adjacent to an activating group) is 1. The van der Waals surface area contributed by atoms with E-state index in [9.17, 15) is 14.0 Å². The zero-order chi connectivity index (χ0) is 22.0. The van der Waals surface area contributed by atoms with Gasteiger partial charge in [-0.1, -0.05) is 30.3 Å². The van der Waals surface area contributed by atoms with Crippen molar-refractivity contribution in [3.8, 4) is 0 Å². The first-order valence-corrected chi connectivity index (χ1v) is 10.2. The van der Waals surface area contributed by atoms with Crippen molar-refractivity contribution >= 4 is 34.4 Å². The molecule has 0 N–H and O–H groups in total. The van der Waals surface area contributed by atoms with Gasteiger partial charge in [0, 0.05) is 19.5 Å². The van der Waals surface area contributed by atoms with Gasteiger partial charge in [-0.15, -0.1) is 0 Å². The van der Waals surface area contributed by atoms with E-state index >= 15 is 0 Å². The number of carbonyl (C=O) groups excluding carboxylic acids is 2. The first kappa shape index (κ1) is 20.7. The summed E-state index contributed by atoms with van der Waals surface area (Å²) in [5.41, 5.74) is 4.63. The predicted molar refractivity (Wildman–Crippen MR) is 118 cm³/mol. The number of hydrogen-bond acceptors (Lipinski definition) is 4. The molecule has 1 aliphatic rings. The molecule has 3 aromatic rings. The van der Waals surface area contributed by atoms with Gasteiger partial charge in [0.15, 0.2) is 6.61 Å². The summed E-state index contributed by atoms with van der Waals surface area (Å²) in [6.07, 6.45) is 4.35. The normalized spacial score (nSPS) is 14.4. The number of fused-ring (bicyclic) bond motifs is 2. The van der Waals surface area contributed by atoms with Crippen LogP contribution in [0.1, 0.15) is 40.0 Å². The van der Waals surface area contributed by atoms with Gasteiger partial charge in [-0.2, -0.15) is 0 Å². The number of ether oxygens (including phenoxy) is 1. The fourth-order valence-electron chi connectivity index (χ4n) is 3.80. The van der Waals surface area contributed by atoms with Crippen LogP contribution in [-0.2, 0) is 16.0 Å². The summed E-state index contributed by atoms with van der Waals surface area (Å²) in [6, 6.07) is 13.7. The molecule has 1 heterocycles. The van der Waals surface area contributed by atoms with Gasteiger partial charge in [-0.05, 0) is 60.2 Å². The van der Waals surface area contributed by atoms with E-state index in [1.165, 1.54) is 17.0 Å². The van der Waals surface area contributed by atoms with Crippen LogP contribution in [0.15, 0.2) is 48.5 Å². The van der Waals surface area contributed by atoms with Gasteiger partial charge >= 0.3 is 5.97 Å². The molecule has 5 nitrogen and oxygen atoms in total. The van der Waals surface area contributed by atoms with Gasteiger partial charge in [-0.3, -0.25) is 4.79 Å². The number of pyridine rings is 1. The summed E-state index contributed by atoms with van der Waals surface area (Å²) in [6.45, 7) is -0.310. The number of hydrogen-bond donors (Lipinski definition) is 0. The summed E-state index contributed by atoms with van der Waals surface area (Å²) >= 11 is 0. The van der Waals surface area contributed by atoms with Crippen LogP contribution in [0.3, 0.4) is 0 Å². The fourth-order valence-corrected chi connectivity index (χ4v) is 3.80. The third-order valence-electron chi connectivity index (χ3n) is 5.41. The molecule has 0 atom stereocenters. The summed E-state index contributed by atoms with van der Waals surface area (Å²) in [5, 5.41) is 0.714. The minimum Gasteiger partial charge on any atom is -0.452 e. The van der Waals surface area contributed by atoms with Crippen molar-refractivity contribution in [1.29, 1.82) is 0 Å². The van der Waals surface area contributed by atoms with Gasteiger partial charge in [0.25, 0.3) is 5.91 Å². The van der Waals surface area contributed by atoms with Crippen molar-refractivity contribution in [3.05, 3.63) is 76.7 Å². The summed E-state index contributed by atoms with van der Waals surface area (Å²) in [5.74, 6) is -1.09. The van der Waals surface area contributed by atoms with Crippen LogP contribution in [-0.4, -0.2) is 42.5 Å². The van der Waals surface area contributed by atoms with E-state index in [1.54, 1.807) is 26.2 Å². The van der Waals surface area contributed by atoms with Crippen LogP contribution in [0.25, 0.3) is 22.6 Å². The first-order valence-electron chi connectivity index (χ1n) is 10.2. The SMILES string of the molecule is CN(C)C(=O)COC(=O)c1c2c(nc3ccccc13)/C(=C\c1ccc(F)cc1)CCC2. The second kappa shape index (κ2) is 8.68. The molecular weight excluding hydrogens is 395 g/mol. The average Bonchev–Trinajstić information content (AvgIpc) is 2.77. The van der Waals surface area contributed by atoms with E-state index < -0.39 is 5.97 Å². The third-order valence-corrected chi connectivity index (χ3v) is 5.41. The summed E-state index contributed by atoms with van der Waals surface area (Å²) in [4.78, 5) is 31.2. The topological polar surface area (TPSA) is 59.5 Å². The monoisotopic (exact) mass is 418 g/mol. The molecule has 1 amide bonds. The molecule has 1 aliphatic carbocycles. The molecule has 0 unspecified atom stereocenters. The van der Waals surface area contributed by atoms with Crippen LogP contribution in [0.4, 0.5) is 4.39 Å². The molecule has 158 valence electrons. The largest absolute Gasteiger partial charge is 0.452 e. The molecule has 0 spiro atoms. The number of nitrogens with zero attached hydrogens (tertiary/aromatic N) is 2. The van der Waals surface area contributed by atoms with Crippen LogP contribution in [0.5, 0.6) is 0 Å². The number of para-hydroxylation sites is 1. The molecule has 1 aromatic heterocycles. The maximum atomic E-state index is 13.3. The zero-order valence-corrected chi connectivity index (χ0v) is 17.5. The van der Waals surface area contributed by atoms with E-state index in [-0.39, 0.29) is 18.3 Å². The van der Waals surface area contributed by atoms with Crippen molar-refractivity contribution in [2.24, 2.45) is 0 Å². The maximum Gasteiger partial charge on any atom is 0.339 e. The molecule has 4 rings (SSSR count). The maximum absolute atomic E-state index is 13.3. The molecular formula is C25H23FN2O3. The number of allylic oxidation sites excluding steroid dienone is 1. The quantitative estimate of drug-likeness (QED) is 0.586. The fraction of sp³-hybridized carbons (Fsp3) is 0.240. The van der Waals surface area contributed by atoms with Crippen LogP contribution >= 0.6 is 0 Å². The van der Waals surface area contributed by atoms with Crippen molar-refractivity contribution < 1.29 is 18.7 Å². The van der Waals surface area contributed by atoms with E-state index in [0.717, 1.165) is 35.2 Å². The predicted octanol–water partition coefficient (Wildman–Crippen LogP) is 4.50. The minimum absolute atomic E-state index is 0.280. The third kappa shape index (κ3) is 4.33. The van der Waals surface area contributed by atoms with Crippen molar-refractivity contribution in [2.75, 3.05) is 20.7 Å². The number of rotatable bonds is 4. The zero-order valence-electron chi connectivity index (χ0n) is 17.5. The Morgan fingerprint density at radius 1 is 1.10 bits per heavy atom. The Morgan fingerprint density at radius 3 is 2.58 bits per heavy atom. The highest BCUT2D eigenvalue weighted by atomic mass is 19.1. The van der Waals surface area contributed by atoms with Crippen molar-refractivity contribution in [3.63, 3.8) is 0 Å². The van der Waals surface area contributed by atoms with E-state index in [2.05, 4.69) is 0 Å². The number of aromatic nitrogens is 1. The second-order valence-corrected chi connectivity index (χ2v) is 7.77. The van der Waals surface area contributed by atoms with Crippen LogP contribution in [0.2, 0.25) is 0 Å². The molecule has 2 aromatic carbocycles. The first-order chi connectivity index (χ1) is 14.9. The molecule has 0 bridgehead atoms. The number of carbonyl (C=O) groups is 2. The Bertz CT molecular complexity index is 1180. The number of esters is 1. The minimum atomic E-state index is -0.520. The lowest BCUT2D eigenvalue weighted by Gasteiger charge is -2.22. The van der Waals surface area contributed by atoms with Crippen molar-refractivity contribution in [2.45, 2.75) is 19.3 Å². The summed E-state index contributed by atoms with van der Waals surface area (Å²) < 4.78 is 18.7. The molecule has 0 fully saturated rings. The van der Waals surface area contributed by atoms with Crippen LogP contribution < -0.4 is 0 Å². The lowest BCUT2D eigenvalue weighted by Crippen LogP contribution is -2.28. The number of amides is 1. The Labute approximate surface area is 180 Å². The van der Waals surface area contributed by atoms with Gasteiger partial charge < -0.3 is 9.64 Å². The Morgan fingerprint density at radius 2 is 1.84 bits per heavy atom. The van der Waals surface area contributed by atoms with E-state index in [1.807, 2.05) is 30.3 Å². The lowest BCUT2D eigenvalue weighted by atomic mass is 9.86. The van der Waals surface area contributed by atoms with Gasteiger partial charge in [0.1, 0.15) is 5.82 Å². The lowest BCUT2D eigenvalue weighted by molar-refractivity contribution is -0.131. The number of halogens is 1. The molecule has 0 aliphatic heterocycles. The van der Waals surface area contributed by atoms with E-state index in [0.29, 0.717) is 22.9 Å². The average molecular weight is 418 g/mol. The standard InChI is InChI=1S/C25H23FN2O3/c1-28(2)22(29)15-31-25(30)23-19-7-3-4-9-21(19)27-24-17(6-5-8-20(23)24)14-16-10-12-18(26)13-11-16/h3-4,7,9-14H,5-6,8,15H2,1-2H3/b17-14-. The van der Waals surface area contributed by atoms with Crippen molar-refractivity contribution in [1.82, 2.24) is 9.88 Å². The molecule has 6 heteroatoms. The molecule has 0 radical (unpaired) electrons. The molecule has 0 saturated carbocycles.